The lowest BCUT2D eigenvalue weighted by molar-refractivity contribution is -0.145. The summed E-state index contributed by atoms with van der Waals surface area (Å²) in [6.07, 6.45) is 0.301. The molecule has 29 heavy (non-hydrogen) atoms. The van der Waals surface area contributed by atoms with Gasteiger partial charge in [0.2, 0.25) is 5.91 Å². The Hall–Kier alpha value is -3.11. The van der Waals surface area contributed by atoms with Gasteiger partial charge >= 0.3 is 5.97 Å². The Kier molecular flexibility index (Phi) is 5.36. The van der Waals surface area contributed by atoms with Crippen LogP contribution in [-0.4, -0.2) is 25.0 Å². The number of carbonyl (C=O) groups is 2. The van der Waals surface area contributed by atoms with Gasteiger partial charge in [0.1, 0.15) is 6.04 Å². The fraction of sp³-hybridized carbons (Fsp3) is 0.167. The fourth-order valence-corrected chi connectivity index (χ4v) is 4.14. The molecule has 0 aromatic heterocycles. The number of fused-ring (bicyclic) bond motifs is 3. The van der Waals surface area contributed by atoms with Gasteiger partial charge in [-0.05, 0) is 39.9 Å². The van der Waals surface area contributed by atoms with Crippen molar-refractivity contribution < 1.29 is 14.3 Å². The van der Waals surface area contributed by atoms with Crippen LogP contribution < -0.4 is 5.32 Å². The first-order valence-corrected chi connectivity index (χ1v) is 9.77. The normalized spacial score (nSPS) is 13.3. The zero-order valence-electron chi connectivity index (χ0n) is 15.9. The van der Waals surface area contributed by atoms with Gasteiger partial charge in [-0.3, -0.25) is 4.79 Å². The second-order valence-corrected chi connectivity index (χ2v) is 7.46. The van der Waals surface area contributed by atoms with E-state index in [1.54, 1.807) is 12.1 Å². The minimum absolute atomic E-state index is 0.222. The minimum Gasteiger partial charge on any atom is -0.467 e. The van der Waals surface area contributed by atoms with Crippen LogP contribution in [-0.2, 0) is 20.7 Å². The van der Waals surface area contributed by atoms with E-state index in [9.17, 15) is 9.59 Å². The summed E-state index contributed by atoms with van der Waals surface area (Å²) in [5, 5.41) is 3.48. The molecule has 0 fully saturated rings. The van der Waals surface area contributed by atoms with Crippen molar-refractivity contribution in [2.75, 3.05) is 7.11 Å². The summed E-state index contributed by atoms with van der Waals surface area (Å²) in [6.45, 7) is 0. The molecule has 0 spiro atoms. The summed E-state index contributed by atoms with van der Waals surface area (Å²) in [5.41, 5.74) is 4.83. The largest absolute Gasteiger partial charge is 0.467 e. The Labute approximate surface area is 174 Å². The van der Waals surface area contributed by atoms with E-state index in [2.05, 4.69) is 5.32 Å². The molecule has 3 aromatic rings. The second kappa shape index (κ2) is 8.10. The van der Waals surface area contributed by atoms with Gasteiger partial charge in [-0.25, -0.2) is 4.79 Å². The Morgan fingerprint density at radius 3 is 2.17 bits per heavy atom. The highest BCUT2D eigenvalue weighted by atomic mass is 35.5. The molecular formula is C24H20ClNO3. The summed E-state index contributed by atoms with van der Waals surface area (Å²) < 4.78 is 4.93. The monoisotopic (exact) mass is 405 g/mol. The van der Waals surface area contributed by atoms with Gasteiger partial charge in [0.15, 0.2) is 0 Å². The molecule has 0 saturated carbocycles. The highest BCUT2D eigenvalue weighted by Gasteiger charge is 2.35. The maximum absolute atomic E-state index is 13.3. The molecule has 1 atom stereocenters. The molecule has 0 radical (unpaired) electrons. The first-order valence-electron chi connectivity index (χ1n) is 9.39. The predicted octanol–water partition coefficient (Wildman–Crippen LogP) is 4.35. The van der Waals surface area contributed by atoms with E-state index in [1.165, 1.54) is 7.11 Å². The fourth-order valence-electron chi connectivity index (χ4n) is 3.93. The van der Waals surface area contributed by atoms with Crippen LogP contribution in [0, 0.1) is 0 Å². The van der Waals surface area contributed by atoms with Crippen LogP contribution in [0.2, 0.25) is 5.02 Å². The molecule has 3 aromatic carbocycles. The van der Waals surface area contributed by atoms with E-state index in [1.807, 2.05) is 60.7 Å². The van der Waals surface area contributed by atoms with Crippen molar-refractivity contribution in [1.29, 1.82) is 0 Å². The molecule has 1 N–H and O–H groups in total. The Bertz CT molecular complexity index is 1030. The molecule has 0 aliphatic heterocycles. The molecule has 1 amide bonds. The third kappa shape index (κ3) is 3.76. The van der Waals surface area contributed by atoms with Crippen LogP contribution >= 0.6 is 11.6 Å². The molecule has 5 heteroatoms. The molecule has 1 aliphatic carbocycles. The quantitative estimate of drug-likeness (QED) is 0.642. The van der Waals surface area contributed by atoms with Gasteiger partial charge in [-0.15, -0.1) is 0 Å². The summed E-state index contributed by atoms with van der Waals surface area (Å²) in [7, 11) is 1.32. The molecule has 0 unspecified atom stereocenters. The number of amides is 1. The Morgan fingerprint density at radius 2 is 1.59 bits per heavy atom. The second-order valence-electron chi connectivity index (χ2n) is 7.03. The van der Waals surface area contributed by atoms with E-state index >= 15 is 0 Å². The number of methoxy groups -OCH3 is 1. The van der Waals surface area contributed by atoms with Crippen LogP contribution in [0.1, 0.15) is 22.6 Å². The highest BCUT2D eigenvalue weighted by Crippen LogP contribution is 2.44. The average Bonchev–Trinajstić information content (AvgIpc) is 3.07. The van der Waals surface area contributed by atoms with Crippen molar-refractivity contribution in [2.24, 2.45) is 0 Å². The third-order valence-electron chi connectivity index (χ3n) is 5.23. The summed E-state index contributed by atoms with van der Waals surface area (Å²) in [4.78, 5) is 25.7. The van der Waals surface area contributed by atoms with E-state index in [4.69, 9.17) is 16.3 Å². The Morgan fingerprint density at radius 1 is 0.966 bits per heavy atom. The highest BCUT2D eigenvalue weighted by molar-refractivity contribution is 6.30. The van der Waals surface area contributed by atoms with Crippen molar-refractivity contribution in [1.82, 2.24) is 5.32 Å². The molecule has 0 heterocycles. The van der Waals surface area contributed by atoms with Crippen molar-refractivity contribution in [3.05, 3.63) is 94.5 Å². The Balaban J connectivity index is 1.63. The van der Waals surface area contributed by atoms with Gasteiger partial charge in [0, 0.05) is 11.4 Å². The van der Waals surface area contributed by atoms with Crippen molar-refractivity contribution >= 4 is 23.5 Å². The van der Waals surface area contributed by atoms with Gasteiger partial charge in [-0.1, -0.05) is 72.3 Å². The number of hydrogen-bond acceptors (Lipinski definition) is 3. The molecule has 4 rings (SSSR count). The maximum atomic E-state index is 13.3. The number of carbonyl (C=O) groups excluding carboxylic acids is 2. The maximum Gasteiger partial charge on any atom is 0.328 e. The standard InChI is InChI=1S/C24H20ClNO3/c1-29-24(28)21(14-15-7-6-8-16(25)13-15)26-23(27)22-19-11-4-2-9-17(19)18-10-3-5-12-20(18)22/h2-13,21-22H,14H2,1H3,(H,26,27)/t21-/m0/s1. The van der Waals surface area contributed by atoms with E-state index in [-0.39, 0.29) is 5.91 Å². The van der Waals surface area contributed by atoms with Crippen LogP contribution in [0.3, 0.4) is 0 Å². The van der Waals surface area contributed by atoms with Crippen molar-refractivity contribution in [3.8, 4) is 11.1 Å². The van der Waals surface area contributed by atoms with Crippen LogP contribution in [0.4, 0.5) is 0 Å². The van der Waals surface area contributed by atoms with Gasteiger partial charge in [-0.2, -0.15) is 0 Å². The molecule has 4 nitrogen and oxygen atoms in total. The first kappa shape index (κ1) is 19.2. The van der Waals surface area contributed by atoms with E-state index in [0.29, 0.717) is 11.4 Å². The van der Waals surface area contributed by atoms with Gasteiger partial charge in [0.05, 0.1) is 13.0 Å². The number of rotatable bonds is 5. The first-order chi connectivity index (χ1) is 14.1. The van der Waals surface area contributed by atoms with Crippen LogP contribution in [0.15, 0.2) is 72.8 Å². The number of esters is 1. The van der Waals surface area contributed by atoms with Crippen LogP contribution in [0.5, 0.6) is 0 Å². The van der Waals surface area contributed by atoms with E-state index < -0.39 is 17.9 Å². The molecule has 0 bridgehead atoms. The average molecular weight is 406 g/mol. The summed E-state index contributed by atoms with van der Waals surface area (Å²) >= 11 is 6.06. The summed E-state index contributed by atoms with van der Waals surface area (Å²) in [6, 6.07) is 22.2. The summed E-state index contributed by atoms with van der Waals surface area (Å²) in [5.74, 6) is -1.17. The topological polar surface area (TPSA) is 55.4 Å². The molecule has 1 aliphatic rings. The zero-order valence-corrected chi connectivity index (χ0v) is 16.6. The van der Waals surface area contributed by atoms with Gasteiger partial charge < -0.3 is 10.1 Å². The van der Waals surface area contributed by atoms with Crippen molar-refractivity contribution in [3.63, 3.8) is 0 Å². The smallest absolute Gasteiger partial charge is 0.328 e. The van der Waals surface area contributed by atoms with Crippen molar-refractivity contribution in [2.45, 2.75) is 18.4 Å². The number of ether oxygens (including phenoxy) is 1. The third-order valence-corrected chi connectivity index (χ3v) is 5.46. The van der Waals surface area contributed by atoms with Crippen LogP contribution in [0.25, 0.3) is 11.1 Å². The van der Waals surface area contributed by atoms with Gasteiger partial charge in [0.25, 0.3) is 0 Å². The lowest BCUT2D eigenvalue weighted by atomic mass is 9.95. The lowest BCUT2D eigenvalue weighted by Gasteiger charge is -2.20. The number of halogens is 1. The van der Waals surface area contributed by atoms with E-state index in [0.717, 1.165) is 27.8 Å². The number of benzene rings is 3. The number of hydrogen-bond donors (Lipinski definition) is 1. The zero-order chi connectivity index (χ0) is 20.4. The molecule has 0 saturated heterocycles. The SMILES string of the molecule is COC(=O)[C@H](Cc1cccc(Cl)c1)NC(=O)C1c2ccccc2-c2ccccc21. The number of nitrogens with one attached hydrogen (secondary N) is 1. The lowest BCUT2D eigenvalue weighted by Crippen LogP contribution is -2.45. The molecular weight excluding hydrogens is 386 g/mol. The minimum atomic E-state index is -0.800. The molecule has 146 valence electrons. The predicted molar refractivity (Wildman–Crippen MR) is 113 cm³/mol.